The fraction of sp³-hybridized carbons (Fsp3) is 0.227. The molecule has 0 fully saturated rings. The quantitative estimate of drug-likeness (QED) is 0.553. The van der Waals surface area contributed by atoms with Crippen molar-refractivity contribution >= 4 is 17.5 Å². The van der Waals surface area contributed by atoms with Crippen LogP contribution in [0.1, 0.15) is 30.0 Å². The van der Waals surface area contributed by atoms with Gasteiger partial charge in [-0.15, -0.1) is 0 Å². The van der Waals surface area contributed by atoms with E-state index in [0.29, 0.717) is 35.1 Å². The number of ether oxygens (including phenoxy) is 3. The lowest BCUT2D eigenvalue weighted by Gasteiger charge is -2.12. The molecule has 1 N–H and O–H groups in total. The molecule has 0 atom stereocenters. The second-order valence-corrected chi connectivity index (χ2v) is 6.05. The molecule has 1 heterocycles. The van der Waals surface area contributed by atoms with Gasteiger partial charge in [-0.25, -0.2) is 14.8 Å². The van der Waals surface area contributed by atoms with Crippen molar-refractivity contribution in [2.75, 3.05) is 19.0 Å². The first-order valence-corrected chi connectivity index (χ1v) is 9.35. The smallest absolute Gasteiger partial charge is 0.343 e. The summed E-state index contributed by atoms with van der Waals surface area (Å²) >= 11 is 0. The van der Waals surface area contributed by atoms with Gasteiger partial charge in [0, 0.05) is 24.4 Å². The number of carbonyl (C=O) groups is 1. The molecule has 0 spiro atoms. The fourth-order valence-electron chi connectivity index (χ4n) is 2.59. The molecule has 3 aromatic rings. The van der Waals surface area contributed by atoms with Gasteiger partial charge in [-0.1, -0.05) is 13.0 Å². The molecule has 0 unspecified atom stereocenters. The molecule has 0 radical (unpaired) electrons. The van der Waals surface area contributed by atoms with Gasteiger partial charge in [0.1, 0.15) is 34.5 Å². The second-order valence-electron chi connectivity index (χ2n) is 6.05. The summed E-state index contributed by atoms with van der Waals surface area (Å²) in [5.74, 6) is 2.66. The number of carbonyl (C=O) groups excluding carboxylic acids is 1. The highest BCUT2D eigenvalue weighted by Gasteiger charge is 2.16. The molecule has 0 amide bonds. The van der Waals surface area contributed by atoms with E-state index in [2.05, 4.69) is 15.3 Å². The van der Waals surface area contributed by atoms with Gasteiger partial charge in [0.05, 0.1) is 13.7 Å². The third-order valence-electron chi connectivity index (χ3n) is 4.04. The minimum absolute atomic E-state index is 0.282. The van der Waals surface area contributed by atoms with E-state index in [9.17, 15) is 4.79 Å². The van der Waals surface area contributed by atoms with Gasteiger partial charge in [-0.05, 0) is 43.3 Å². The number of benzene rings is 2. The summed E-state index contributed by atoms with van der Waals surface area (Å²) in [7, 11) is 1.61. The van der Waals surface area contributed by atoms with E-state index in [-0.39, 0.29) is 6.61 Å². The van der Waals surface area contributed by atoms with E-state index in [1.54, 1.807) is 14.0 Å². The second kappa shape index (κ2) is 9.54. The lowest BCUT2D eigenvalue weighted by molar-refractivity contribution is 0.0526. The number of nitrogens with one attached hydrogen (secondary N) is 1. The van der Waals surface area contributed by atoms with Crippen molar-refractivity contribution in [1.29, 1.82) is 0 Å². The zero-order chi connectivity index (χ0) is 20.6. The van der Waals surface area contributed by atoms with E-state index >= 15 is 0 Å². The third-order valence-corrected chi connectivity index (χ3v) is 4.04. The topological polar surface area (TPSA) is 82.6 Å². The lowest BCUT2D eigenvalue weighted by atomic mass is 10.2. The van der Waals surface area contributed by atoms with Gasteiger partial charge in [-0.2, -0.15) is 0 Å². The van der Waals surface area contributed by atoms with E-state index in [0.717, 1.165) is 11.4 Å². The van der Waals surface area contributed by atoms with Crippen LogP contribution in [0.25, 0.3) is 0 Å². The van der Waals surface area contributed by atoms with Crippen LogP contribution in [-0.2, 0) is 11.2 Å². The van der Waals surface area contributed by atoms with Crippen LogP contribution in [0.2, 0.25) is 0 Å². The van der Waals surface area contributed by atoms with Crippen molar-refractivity contribution < 1.29 is 19.0 Å². The predicted molar refractivity (Wildman–Crippen MR) is 110 cm³/mol. The van der Waals surface area contributed by atoms with E-state index < -0.39 is 5.97 Å². The average Bonchev–Trinajstić information content (AvgIpc) is 2.75. The lowest BCUT2D eigenvalue weighted by Crippen LogP contribution is -2.11. The maximum Gasteiger partial charge on any atom is 0.343 e. The maximum atomic E-state index is 12.2. The largest absolute Gasteiger partial charge is 0.497 e. The summed E-state index contributed by atoms with van der Waals surface area (Å²) in [6, 6.07) is 14.7. The van der Waals surface area contributed by atoms with Crippen molar-refractivity contribution in [2.24, 2.45) is 0 Å². The molecule has 0 saturated heterocycles. The Balaban J connectivity index is 1.77. The molecule has 0 bridgehead atoms. The number of anilines is 2. The van der Waals surface area contributed by atoms with Crippen molar-refractivity contribution in [2.45, 2.75) is 20.3 Å². The van der Waals surface area contributed by atoms with Crippen LogP contribution >= 0.6 is 0 Å². The Morgan fingerprint density at radius 1 is 1.03 bits per heavy atom. The number of aryl methyl sites for hydroxylation is 1. The average molecular weight is 393 g/mol. The van der Waals surface area contributed by atoms with Crippen LogP contribution in [0.3, 0.4) is 0 Å². The molecule has 7 nitrogen and oxygen atoms in total. The summed E-state index contributed by atoms with van der Waals surface area (Å²) in [6.45, 7) is 3.99. The first kappa shape index (κ1) is 20.1. The van der Waals surface area contributed by atoms with Crippen LogP contribution in [0.4, 0.5) is 11.5 Å². The Kier molecular flexibility index (Phi) is 6.63. The zero-order valence-electron chi connectivity index (χ0n) is 16.6. The van der Waals surface area contributed by atoms with Crippen LogP contribution in [0, 0.1) is 0 Å². The maximum absolute atomic E-state index is 12.2. The minimum atomic E-state index is -0.462. The molecule has 29 heavy (non-hydrogen) atoms. The molecule has 0 saturated carbocycles. The van der Waals surface area contributed by atoms with Gasteiger partial charge in [0.2, 0.25) is 0 Å². The Bertz CT molecular complexity index is 974. The summed E-state index contributed by atoms with van der Waals surface area (Å²) < 4.78 is 16.1. The van der Waals surface area contributed by atoms with E-state index in [1.165, 1.54) is 6.20 Å². The molecule has 1 aromatic heterocycles. The molecule has 0 aliphatic carbocycles. The molecule has 150 valence electrons. The highest BCUT2D eigenvalue weighted by molar-refractivity contribution is 5.95. The summed E-state index contributed by atoms with van der Waals surface area (Å²) in [5.41, 5.74) is 1.05. The highest BCUT2D eigenvalue weighted by Crippen LogP contribution is 2.27. The minimum Gasteiger partial charge on any atom is -0.497 e. The normalized spacial score (nSPS) is 10.3. The number of methoxy groups -OCH3 is 1. The van der Waals surface area contributed by atoms with Gasteiger partial charge in [-0.3, -0.25) is 0 Å². The molecule has 0 aliphatic heterocycles. The zero-order valence-corrected chi connectivity index (χ0v) is 16.6. The number of hydrogen-bond acceptors (Lipinski definition) is 7. The molecular weight excluding hydrogens is 370 g/mol. The Labute approximate surface area is 169 Å². The third kappa shape index (κ3) is 5.22. The van der Waals surface area contributed by atoms with Crippen LogP contribution in [0.15, 0.2) is 54.7 Å². The van der Waals surface area contributed by atoms with Gasteiger partial charge >= 0.3 is 5.97 Å². The Hall–Kier alpha value is -3.61. The van der Waals surface area contributed by atoms with Gasteiger partial charge < -0.3 is 19.5 Å². The number of rotatable bonds is 8. The first-order valence-electron chi connectivity index (χ1n) is 9.35. The fourth-order valence-corrected chi connectivity index (χ4v) is 2.59. The first-order chi connectivity index (χ1) is 14.1. The standard InChI is InChI=1S/C22H23N3O4/c1-4-20-23-14-19(22(26)28-5-2)21(25-20)24-15-9-11-16(12-10-15)29-18-8-6-7-17(13-18)27-3/h6-14H,4-5H2,1-3H3,(H,23,24,25). The SMILES string of the molecule is CCOC(=O)c1cnc(CC)nc1Nc1ccc(Oc2cccc(OC)c2)cc1. The van der Waals surface area contributed by atoms with Crippen LogP contribution in [-0.4, -0.2) is 29.7 Å². The van der Waals surface area contributed by atoms with Gasteiger partial charge in [0.25, 0.3) is 0 Å². The highest BCUT2D eigenvalue weighted by atomic mass is 16.5. The van der Waals surface area contributed by atoms with E-state index in [4.69, 9.17) is 14.2 Å². The number of esters is 1. The molecule has 3 rings (SSSR count). The van der Waals surface area contributed by atoms with Gasteiger partial charge in [0.15, 0.2) is 0 Å². The van der Waals surface area contributed by atoms with Crippen LogP contribution in [0.5, 0.6) is 17.2 Å². The predicted octanol–water partition coefficient (Wildman–Crippen LogP) is 4.76. The Morgan fingerprint density at radius 2 is 1.79 bits per heavy atom. The van der Waals surface area contributed by atoms with Crippen molar-refractivity contribution in [3.8, 4) is 17.2 Å². The Morgan fingerprint density at radius 3 is 2.48 bits per heavy atom. The van der Waals surface area contributed by atoms with Crippen molar-refractivity contribution in [1.82, 2.24) is 9.97 Å². The summed E-state index contributed by atoms with van der Waals surface area (Å²) in [4.78, 5) is 20.8. The van der Waals surface area contributed by atoms with E-state index in [1.807, 2.05) is 55.5 Å². The molecule has 2 aromatic carbocycles. The molecule has 0 aliphatic rings. The monoisotopic (exact) mass is 393 g/mol. The number of hydrogen-bond donors (Lipinski definition) is 1. The molecule has 7 heteroatoms. The van der Waals surface area contributed by atoms with Crippen molar-refractivity contribution in [3.05, 3.63) is 66.1 Å². The number of nitrogens with zero attached hydrogens (tertiary/aromatic N) is 2. The molecular formula is C22H23N3O4. The van der Waals surface area contributed by atoms with Crippen LogP contribution < -0.4 is 14.8 Å². The summed E-state index contributed by atoms with van der Waals surface area (Å²) in [5, 5.41) is 3.17. The summed E-state index contributed by atoms with van der Waals surface area (Å²) in [6.07, 6.45) is 2.15. The number of aromatic nitrogens is 2. The van der Waals surface area contributed by atoms with Crippen molar-refractivity contribution in [3.63, 3.8) is 0 Å².